The second-order valence-corrected chi connectivity index (χ2v) is 4.72. The molecule has 0 aliphatic carbocycles. The lowest BCUT2D eigenvalue weighted by molar-refractivity contribution is -0.140. The third-order valence-electron chi connectivity index (χ3n) is 3.35. The minimum Gasteiger partial charge on any atom is -0.497 e. The van der Waals surface area contributed by atoms with E-state index in [1.165, 1.54) is 7.11 Å². The van der Waals surface area contributed by atoms with Crippen molar-refractivity contribution >= 4 is 16.9 Å². The number of aromatic nitrogens is 1. The Bertz CT molecular complexity index is 667. The van der Waals surface area contributed by atoms with Crippen LogP contribution >= 0.6 is 0 Å². The van der Waals surface area contributed by atoms with Gasteiger partial charge in [-0.1, -0.05) is 0 Å². The third-order valence-corrected chi connectivity index (χ3v) is 3.35. The van der Waals surface area contributed by atoms with Gasteiger partial charge < -0.3 is 14.2 Å². The number of fused-ring (bicyclic) bond motifs is 1. The fourth-order valence-electron chi connectivity index (χ4n) is 2.30. The first kappa shape index (κ1) is 15.1. The van der Waals surface area contributed by atoms with E-state index in [1.807, 2.05) is 19.1 Å². The van der Waals surface area contributed by atoms with Gasteiger partial charge >= 0.3 is 5.97 Å². The first-order chi connectivity index (χ1) is 10.1. The molecule has 5 nitrogen and oxygen atoms in total. The summed E-state index contributed by atoms with van der Waals surface area (Å²) >= 11 is 0. The van der Waals surface area contributed by atoms with E-state index < -0.39 is 0 Å². The van der Waals surface area contributed by atoms with Gasteiger partial charge in [-0.25, -0.2) is 4.98 Å². The molecule has 1 heterocycles. The first-order valence-electron chi connectivity index (χ1n) is 6.68. The van der Waals surface area contributed by atoms with Gasteiger partial charge in [-0.15, -0.1) is 0 Å². The van der Waals surface area contributed by atoms with Crippen LogP contribution < -0.4 is 9.47 Å². The molecule has 0 atom stereocenters. The Morgan fingerprint density at radius 2 is 1.90 bits per heavy atom. The Hall–Kier alpha value is -2.30. The van der Waals surface area contributed by atoms with Crippen molar-refractivity contribution in [1.29, 1.82) is 0 Å². The molecule has 1 aromatic carbocycles. The summed E-state index contributed by atoms with van der Waals surface area (Å²) in [5.74, 6) is 1.13. The maximum Gasteiger partial charge on any atom is 0.305 e. The summed E-state index contributed by atoms with van der Waals surface area (Å²) in [5, 5.41) is 0.931. The molecule has 0 aliphatic rings. The second-order valence-electron chi connectivity index (χ2n) is 4.72. The molecule has 2 rings (SSSR count). The van der Waals surface area contributed by atoms with Crippen LogP contribution in [0.15, 0.2) is 18.2 Å². The SMILES string of the molecule is COC(=O)CCc1cc(C)nc2c(OC)cc(OC)cc12. The molecule has 0 radical (unpaired) electrons. The number of rotatable bonds is 5. The lowest BCUT2D eigenvalue weighted by Gasteiger charge is -2.12. The normalized spacial score (nSPS) is 10.5. The fourth-order valence-corrected chi connectivity index (χ4v) is 2.30. The molecule has 0 amide bonds. The summed E-state index contributed by atoms with van der Waals surface area (Å²) < 4.78 is 15.4. The van der Waals surface area contributed by atoms with Crippen molar-refractivity contribution in [3.05, 3.63) is 29.5 Å². The van der Waals surface area contributed by atoms with Gasteiger partial charge in [0.25, 0.3) is 0 Å². The van der Waals surface area contributed by atoms with Crippen molar-refractivity contribution in [1.82, 2.24) is 4.98 Å². The van der Waals surface area contributed by atoms with Crippen LogP contribution in [0, 0.1) is 6.92 Å². The van der Waals surface area contributed by atoms with Gasteiger partial charge in [0, 0.05) is 23.6 Å². The van der Waals surface area contributed by atoms with Crippen molar-refractivity contribution in [3.8, 4) is 11.5 Å². The van der Waals surface area contributed by atoms with Crippen molar-refractivity contribution < 1.29 is 19.0 Å². The number of esters is 1. The largest absolute Gasteiger partial charge is 0.497 e. The van der Waals surface area contributed by atoms with E-state index in [0.29, 0.717) is 24.3 Å². The maximum atomic E-state index is 11.4. The van der Waals surface area contributed by atoms with E-state index in [9.17, 15) is 4.79 Å². The Morgan fingerprint density at radius 3 is 2.52 bits per heavy atom. The van der Waals surface area contributed by atoms with E-state index in [4.69, 9.17) is 14.2 Å². The molecule has 0 N–H and O–H groups in total. The molecule has 5 heteroatoms. The first-order valence-corrected chi connectivity index (χ1v) is 6.68. The van der Waals surface area contributed by atoms with Gasteiger partial charge in [0.05, 0.1) is 21.3 Å². The number of methoxy groups -OCH3 is 3. The predicted octanol–water partition coefficient (Wildman–Crippen LogP) is 2.67. The fraction of sp³-hybridized carbons (Fsp3) is 0.375. The molecule has 21 heavy (non-hydrogen) atoms. The van der Waals surface area contributed by atoms with Crippen molar-refractivity contribution in [3.63, 3.8) is 0 Å². The number of pyridine rings is 1. The topological polar surface area (TPSA) is 57.7 Å². The zero-order chi connectivity index (χ0) is 15.4. The minimum absolute atomic E-state index is 0.229. The predicted molar refractivity (Wildman–Crippen MR) is 79.9 cm³/mol. The summed E-state index contributed by atoms with van der Waals surface area (Å²) in [6.07, 6.45) is 0.914. The lowest BCUT2D eigenvalue weighted by atomic mass is 10.0. The van der Waals surface area contributed by atoms with Crippen LogP contribution in [0.2, 0.25) is 0 Å². The van der Waals surface area contributed by atoms with Crippen LogP contribution in [0.1, 0.15) is 17.7 Å². The lowest BCUT2D eigenvalue weighted by Crippen LogP contribution is -2.03. The summed E-state index contributed by atoms with van der Waals surface area (Å²) in [5.41, 5.74) is 2.68. The van der Waals surface area contributed by atoms with E-state index in [2.05, 4.69) is 4.98 Å². The zero-order valence-corrected chi connectivity index (χ0v) is 12.7. The summed E-state index contributed by atoms with van der Waals surface area (Å²) in [6, 6.07) is 5.69. The number of carbonyl (C=O) groups excluding carboxylic acids is 1. The number of benzene rings is 1. The highest BCUT2D eigenvalue weighted by Crippen LogP contribution is 2.32. The van der Waals surface area contributed by atoms with Crippen LogP contribution in [0.3, 0.4) is 0 Å². The highest BCUT2D eigenvalue weighted by atomic mass is 16.5. The molecule has 0 fully saturated rings. The smallest absolute Gasteiger partial charge is 0.305 e. The maximum absolute atomic E-state index is 11.4. The van der Waals surface area contributed by atoms with Gasteiger partial charge in [0.2, 0.25) is 0 Å². The van der Waals surface area contributed by atoms with Gasteiger partial charge in [0.1, 0.15) is 17.0 Å². The van der Waals surface area contributed by atoms with Crippen LogP contribution in [-0.4, -0.2) is 32.3 Å². The van der Waals surface area contributed by atoms with Crippen LogP contribution in [0.5, 0.6) is 11.5 Å². The molecular formula is C16H19NO4. The van der Waals surface area contributed by atoms with Crippen LogP contribution in [0.25, 0.3) is 10.9 Å². The van der Waals surface area contributed by atoms with Gasteiger partial charge in [0.15, 0.2) is 0 Å². The highest BCUT2D eigenvalue weighted by Gasteiger charge is 2.12. The van der Waals surface area contributed by atoms with Crippen molar-refractivity contribution in [2.24, 2.45) is 0 Å². The molecule has 0 bridgehead atoms. The van der Waals surface area contributed by atoms with Crippen LogP contribution in [0.4, 0.5) is 0 Å². The number of hydrogen-bond acceptors (Lipinski definition) is 5. The Balaban J connectivity index is 2.55. The molecule has 0 unspecified atom stereocenters. The molecule has 0 saturated carbocycles. The highest BCUT2D eigenvalue weighted by molar-refractivity contribution is 5.89. The number of ether oxygens (including phenoxy) is 3. The number of carbonyl (C=O) groups is 1. The average molecular weight is 289 g/mol. The van der Waals surface area contributed by atoms with Gasteiger partial charge in [-0.05, 0) is 31.0 Å². The monoisotopic (exact) mass is 289 g/mol. The molecule has 2 aromatic rings. The second kappa shape index (κ2) is 6.43. The van der Waals surface area contributed by atoms with E-state index >= 15 is 0 Å². The van der Waals surface area contributed by atoms with E-state index in [0.717, 1.165) is 22.2 Å². The summed E-state index contributed by atoms with van der Waals surface area (Å²) in [6.45, 7) is 1.92. The molecule has 112 valence electrons. The van der Waals surface area contributed by atoms with E-state index in [-0.39, 0.29) is 5.97 Å². The molecule has 0 spiro atoms. The van der Waals surface area contributed by atoms with Crippen LogP contribution in [-0.2, 0) is 16.0 Å². The number of nitrogens with zero attached hydrogens (tertiary/aromatic N) is 1. The Kier molecular flexibility index (Phi) is 4.62. The quantitative estimate of drug-likeness (QED) is 0.792. The van der Waals surface area contributed by atoms with Gasteiger partial charge in [-0.3, -0.25) is 4.79 Å². The third kappa shape index (κ3) is 3.24. The minimum atomic E-state index is -0.229. The number of hydrogen-bond donors (Lipinski definition) is 0. The summed E-state index contributed by atoms with van der Waals surface area (Å²) in [4.78, 5) is 15.9. The van der Waals surface area contributed by atoms with Gasteiger partial charge in [-0.2, -0.15) is 0 Å². The molecular weight excluding hydrogens is 270 g/mol. The van der Waals surface area contributed by atoms with Crippen molar-refractivity contribution in [2.45, 2.75) is 19.8 Å². The average Bonchev–Trinajstić information content (AvgIpc) is 2.51. The molecule has 0 saturated heterocycles. The Morgan fingerprint density at radius 1 is 1.14 bits per heavy atom. The number of aryl methyl sites for hydroxylation is 2. The zero-order valence-electron chi connectivity index (χ0n) is 12.7. The van der Waals surface area contributed by atoms with E-state index in [1.54, 1.807) is 20.3 Å². The summed E-state index contributed by atoms with van der Waals surface area (Å²) in [7, 11) is 4.60. The standard InChI is InChI=1S/C16H19NO4/c1-10-7-11(5-6-15(18)21-4)13-8-12(19-2)9-14(20-3)16(13)17-10/h7-9H,5-6H2,1-4H3. The van der Waals surface area contributed by atoms with Crippen molar-refractivity contribution in [2.75, 3.05) is 21.3 Å². The molecule has 0 aliphatic heterocycles. The molecule has 1 aromatic heterocycles. The Labute approximate surface area is 123 Å².